The van der Waals surface area contributed by atoms with Crippen LogP contribution in [0, 0.1) is 0 Å². The van der Waals surface area contributed by atoms with Crippen molar-refractivity contribution in [3.8, 4) is 0 Å². The summed E-state index contributed by atoms with van der Waals surface area (Å²) in [5, 5.41) is 6.30. The topological polar surface area (TPSA) is 23.6 Å². The molecule has 0 saturated carbocycles. The van der Waals surface area contributed by atoms with E-state index < -0.39 is 0 Å². The van der Waals surface area contributed by atoms with E-state index in [0.717, 1.165) is 31.1 Å². The Bertz CT molecular complexity index is 542. The molecule has 2 aromatic heterocycles. The van der Waals surface area contributed by atoms with Gasteiger partial charge in [-0.1, -0.05) is 6.07 Å². The van der Waals surface area contributed by atoms with Crippen molar-refractivity contribution in [1.82, 2.24) is 9.80 Å². The number of nitrogens with zero attached hydrogens (tertiary/aromatic N) is 2. The van der Waals surface area contributed by atoms with E-state index >= 15 is 0 Å². The smallest absolute Gasteiger partial charge is 0.264 e. The summed E-state index contributed by atoms with van der Waals surface area (Å²) in [5.74, 6) is 0.183. The molecule has 1 unspecified atom stereocenters. The summed E-state index contributed by atoms with van der Waals surface area (Å²) in [6.07, 6.45) is 0. The minimum Gasteiger partial charge on any atom is -0.335 e. The molecule has 0 aliphatic carbocycles. The fourth-order valence-electron chi connectivity index (χ4n) is 2.59. The SMILES string of the molecule is CC(c1ccsc1)N1CCN(C(=O)c2cccs2)CC1. The van der Waals surface area contributed by atoms with Crippen LogP contribution in [0.5, 0.6) is 0 Å². The molecule has 1 saturated heterocycles. The Morgan fingerprint density at radius 2 is 2.00 bits per heavy atom. The quantitative estimate of drug-likeness (QED) is 0.868. The molecule has 3 heterocycles. The standard InChI is InChI=1S/C15H18N2OS2/c1-12(13-4-10-19-11-13)16-5-7-17(8-6-16)15(18)14-3-2-9-20-14/h2-4,9-12H,5-8H2,1H3. The lowest BCUT2D eigenvalue weighted by Crippen LogP contribution is -2.49. The number of hydrogen-bond donors (Lipinski definition) is 0. The number of amides is 1. The Balaban J connectivity index is 1.58. The van der Waals surface area contributed by atoms with Crippen molar-refractivity contribution in [3.63, 3.8) is 0 Å². The Hall–Kier alpha value is -1.17. The first-order valence-electron chi connectivity index (χ1n) is 6.84. The molecule has 0 aromatic carbocycles. The molecule has 1 atom stereocenters. The number of carbonyl (C=O) groups excluding carboxylic acids is 1. The monoisotopic (exact) mass is 306 g/mol. The maximum absolute atomic E-state index is 12.3. The molecular formula is C15H18N2OS2. The van der Waals surface area contributed by atoms with Crippen LogP contribution < -0.4 is 0 Å². The van der Waals surface area contributed by atoms with Gasteiger partial charge >= 0.3 is 0 Å². The lowest BCUT2D eigenvalue weighted by molar-refractivity contribution is 0.0587. The molecule has 1 aliphatic heterocycles. The number of rotatable bonds is 3. The molecule has 2 aromatic rings. The molecule has 0 spiro atoms. The van der Waals surface area contributed by atoms with Gasteiger partial charge in [-0.15, -0.1) is 11.3 Å². The van der Waals surface area contributed by atoms with E-state index in [4.69, 9.17) is 0 Å². The van der Waals surface area contributed by atoms with Crippen LogP contribution in [0.2, 0.25) is 0 Å². The van der Waals surface area contributed by atoms with Crippen LogP contribution in [-0.4, -0.2) is 41.9 Å². The van der Waals surface area contributed by atoms with E-state index in [0.29, 0.717) is 6.04 Å². The summed E-state index contributed by atoms with van der Waals surface area (Å²) in [6, 6.07) is 6.49. The van der Waals surface area contributed by atoms with Gasteiger partial charge in [-0.3, -0.25) is 9.69 Å². The summed E-state index contributed by atoms with van der Waals surface area (Å²) in [5.41, 5.74) is 1.38. The van der Waals surface area contributed by atoms with Crippen molar-refractivity contribution >= 4 is 28.6 Å². The minimum atomic E-state index is 0.183. The number of piperazine rings is 1. The van der Waals surface area contributed by atoms with Gasteiger partial charge < -0.3 is 4.90 Å². The summed E-state index contributed by atoms with van der Waals surface area (Å²) >= 11 is 3.27. The van der Waals surface area contributed by atoms with E-state index in [2.05, 4.69) is 28.7 Å². The van der Waals surface area contributed by atoms with Gasteiger partial charge in [0.15, 0.2) is 0 Å². The van der Waals surface area contributed by atoms with Crippen molar-refractivity contribution in [1.29, 1.82) is 0 Å². The first kappa shape index (κ1) is 13.8. The van der Waals surface area contributed by atoms with Gasteiger partial charge in [-0.05, 0) is 40.8 Å². The maximum atomic E-state index is 12.3. The molecule has 0 bridgehead atoms. The van der Waals surface area contributed by atoms with E-state index in [9.17, 15) is 4.79 Å². The van der Waals surface area contributed by atoms with Crippen molar-refractivity contribution in [2.24, 2.45) is 0 Å². The summed E-state index contributed by atoms with van der Waals surface area (Å²) < 4.78 is 0. The second-order valence-electron chi connectivity index (χ2n) is 5.04. The molecule has 106 valence electrons. The number of carbonyl (C=O) groups is 1. The summed E-state index contributed by atoms with van der Waals surface area (Å²) in [6.45, 7) is 5.80. The normalized spacial score (nSPS) is 18.1. The largest absolute Gasteiger partial charge is 0.335 e. The highest BCUT2D eigenvalue weighted by Gasteiger charge is 2.25. The van der Waals surface area contributed by atoms with Crippen molar-refractivity contribution < 1.29 is 4.79 Å². The molecule has 0 radical (unpaired) electrons. The van der Waals surface area contributed by atoms with E-state index in [1.54, 1.807) is 11.3 Å². The second-order valence-corrected chi connectivity index (χ2v) is 6.77. The van der Waals surface area contributed by atoms with Crippen molar-refractivity contribution in [3.05, 3.63) is 44.8 Å². The van der Waals surface area contributed by atoms with Crippen LogP contribution in [0.1, 0.15) is 28.2 Å². The van der Waals surface area contributed by atoms with E-state index in [-0.39, 0.29) is 5.91 Å². The third-order valence-electron chi connectivity index (χ3n) is 3.91. The molecule has 1 aliphatic rings. The van der Waals surface area contributed by atoms with Gasteiger partial charge in [0.2, 0.25) is 0 Å². The highest BCUT2D eigenvalue weighted by Crippen LogP contribution is 2.24. The van der Waals surface area contributed by atoms with Gasteiger partial charge in [-0.25, -0.2) is 0 Å². The Morgan fingerprint density at radius 3 is 2.60 bits per heavy atom. The molecule has 0 N–H and O–H groups in total. The number of thiophene rings is 2. The average Bonchev–Trinajstić information content (AvgIpc) is 3.18. The summed E-state index contributed by atoms with van der Waals surface area (Å²) in [4.78, 5) is 17.6. The molecule has 3 nitrogen and oxygen atoms in total. The summed E-state index contributed by atoms with van der Waals surface area (Å²) in [7, 11) is 0. The lowest BCUT2D eigenvalue weighted by Gasteiger charge is -2.37. The first-order chi connectivity index (χ1) is 9.75. The minimum absolute atomic E-state index is 0.183. The Labute approximate surface area is 127 Å². The van der Waals surface area contributed by atoms with Crippen LogP contribution in [0.4, 0.5) is 0 Å². The van der Waals surface area contributed by atoms with Crippen LogP contribution in [-0.2, 0) is 0 Å². The Morgan fingerprint density at radius 1 is 1.20 bits per heavy atom. The van der Waals surface area contributed by atoms with Crippen LogP contribution in [0.3, 0.4) is 0 Å². The molecule has 1 amide bonds. The van der Waals surface area contributed by atoms with Gasteiger partial charge in [-0.2, -0.15) is 11.3 Å². The predicted molar refractivity (Wildman–Crippen MR) is 84.5 cm³/mol. The van der Waals surface area contributed by atoms with Gasteiger partial charge in [0.05, 0.1) is 4.88 Å². The molecule has 5 heteroatoms. The highest BCUT2D eigenvalue weighted by atomic mass is 32.1. The average molecular weight is 306 g/mol. The third-order valence-corrected chi connectivity index (χ3v) is 5.47. The lowest BCUT2D eigenvalue weighted by atomic mass is 10.1. The van der Waals surface area contributed by atoms with Crippen LogP contribution in [0.15, 0.2) is 34.3 Å². The van der Waals surface area contributed by atoms with Crippen molar-refractivity contribution in [2.75, 3.05) is 26.2 Å². The molecule has 1 fully saturated rings. The molecular weight excluding hydrogens is 288 g/mol. The molecule has 3 rings (SSSR count). The zero-order valence-corrected chi connectivity index (χ0v) is 13.1. The van der Waals surface area contributed by atoms with Gasteiger partial charge in [0.25, 0.3) is 5.91 Å². The van der Waals surface area contributed by atoms with E-state index in [1.165, 1.54) is 16.9 Å². The van der Waals surface area contributed by atoms with Gasteiger partial charge in [0.1, 0.15) is 0 Å². The zero-order chi connectivity index (χ0) is 13.9. The van der Waals surface area contributed by atoms with Gasteiger partial charge in [0, 0.05) is 32.2 Å². The van der Waals surface area contributed by atoms with E-state index in [1.807, 2.05) is 22.4 Å². The second kappa shape index (κ2) is 6.08. The van der Waals surface area contributed by atoms with Crippen molar-refractivity contribution in [2.45, 2.75) is 13.0 Å². The number of hydrogen-bond acceptors (Lipinski definition) is 4. The first-order valence-corrected chi connectivity index (χ1v) is 8.67. The fraction of sp³-hybridized carbons (Fsp3) is 0.400. The predicted octanol–water partition coefficient (Wildman–Crippen LogP) is 3.33. The zero-order valence-electron chi connectivity index (χ0n) is 11.5. The molecule has 20 heavy (non-hydrogen) atoms. The van der Waals surface area contributed by atoms with Crippen LogP contribution >= 0.6 is 22.7 Å². The maximum Gasteiger partial charge on any atom is 0.264 e. The highest BCUT2D eigenvalue weighted by molar-refractivity contribution is 7.12. The fourth-order valence-corrected chi connectivity index (χ4v) is 4.03. The third kappa shape index (κ3) is 2.80. The Kier molecular flexibility index (Phi) is 4.19. The van der Waals surface area contributed by atoms with Crippen LogP contribution in [0.25, 0.3) is 0 Å².